The number of hydrazone groups is 1. The van der Waals surface area contributed by atoms with Crippen molar-refractivity contribution in [3.05, 3.63) is 143 Å². The lowest BCUT2D eigenvalue weighted by Gasteiger charge is -2.11. The van der Waals surface area contributed by atoms with E-state index in [2.05, 4.69) is 45.1 Å². The maximum absolute atomic E-state index is 12.7. The lowest BCUT2D eigenvalue weighted by molar-refractivity contribution is 0.0955. The van der Waals surface area contributed by atoms with Gasteiger partial charge in [0.25, 0.3) is 5.91 Å². The van der Waals surface area contributed by atoms with E-state index in [1.807, 2.05) is 90.3 Å². The van der Waals surface area contributed by atoms with Crippen LogP contribution in [0, 0.1) is 0 Å². The highest BCUT2D eigenvalue weighted by molar-refractivity contribution is 7.14. The monoisotopic (exact) mass is 554 g/mol. The number of fused-ring (bicyclic) bond motifs is 1. The van der Waals surface area contributed by atoms with Crippen LogP contribution in [0.4, 0.5) is 10.8 Å². The number of para-hydroxylation sites is 2. The molecule has 1 aromatic heterocycles. The minimum Gasteiger partial charge on any atom is -0.488 e. The van der Waals surface area contributed by atoms with Crippen molar-refractivity contribution in [1.29, 1.82) is 0 Å². The van der Waals surface area contributed by atoms with Crippen LogP contribution in [-0.4, -0.2) is 17.1 Å². The van der Waals surface area contributed by atoms with E-state index in [4.69, 9.17) is 4.74 Å². The molecule has 1 heterocycles. The van der Waals surface area contributed by atoms with Crippen LogP contribution in [0.25, 0.3) is 22.0 Å². The molecule has 0 aliphatic carbocycles. The van der Waals surface area contributed by atoms with E-state index in [0.717, 1.165) is 33.2 Å². The molecule has 0 atom stereocenters. The molecule has 0 fully saturated rings. The highest BCUT2D eigenvalue weighted by Gasteiger charge is 2.09. The first kappa shape index (κ1) is 26.0. The van der Waals surface area contributed by atoms with Gasteiger partial charge >= 0.3 is 0 Å². The molecule has 0 saturated heterocycles. The molecular weight excluding hydrogens is 528 g/mol. The highest BCUT2D eigenvalue weighted by atomic mass is 32.1. The zero-order chi connectivity index (χ0) is 27.9. The number of thiazole rings is 1. The van der Waals surface area contributed by atoms with E-state index in [0.29, 0.717) is 17.9 Å². The number of hydrogen-bond donors (Lipinski definition) is 2. The zero-order valence-corrected chi connectivity index (χ0v) is 22.8. The Morgan fingerprint density at radius 3 is 2.46 bits per heavy atom. The minimum absolute atomic E-state index is 0.299. The lowest BCUT2D eigenvalue weighted by Crippen LogP contribution is -2.17. The molecule has 200 valence electrons. The van der Waals surface area contributed by atoms with E-state index < -0.39 is 0 Å². The summed E-state index contributed by atoms with van der Waals surface area (Å²) in [5.41, 5.74) is 7.76. The number of rotatable bonds is 9. The molecule has 0 radical (unpaired) electrons. The first-order chi connectivity index (χ1) is 20.2. The summed E-state index contributed by atoms with van der Waals surface area (Å²) in [5.74, 6) is 0.388. The molecule has 0 aliphatic heterocycles. The van der Waals surface area contributed by atoms with Gasteiger partial charge in [0.15, 0.2) is 5.13 Å². The van der Waals surface area contributed by atoms with E-state index >= 15 is 0 Å². The smallest absolute Gasteiger partial charge is 0.271 e. The number of hydrogen-bond acceptors (Lipinski definition) is 6. The van der Waals surface area contributed by atoms with Crippen LogP contribution in [-0.2, 0) is 6.61 Å². The number of nitrogens with zero attached hydrogens (tertiary/aromatic N) is 2. The normalized spacial score (nSPS) is 11.0. The summed E-state index contributed by atoms with van der Waals surface area (Å²) >= 11 is 1.53. The summed E-state index contributed by atoms with van der Waals surface area (Å²) < 4.78 is 6.15. The first-order valence-electron chi connectivity index (χ1n) is 13.1. The molecule has 0 unspecified atom stereocenters. The molecule has 0 bridgehead atoms. The van der Waals surface area contributed by atoms with Crippen LogP contribution in [0.5, 0.6) is 5.75 Å². The summed E-state index contributed by atoms with van der Waals surface area (Å²) in [7, 11) is 0. The Hall–Kier alpha value is -5.27. The van der Waals surface area contributed by atoms with Gasteiger partial charge in [0.1, 0.15) is 12.4 Å². The van der Waals surface area contributed by atoms with Gasteiger partial charge in [-0.3, -0.25) is 4.79 Å². The largest absolute Gasteiger partial charge is 0.488 e. The van der Waals surface area contributed by atoms with Gasteiger partial charge in [-0.2, -0.15) is 5.10 Å². The Morgan fingerprint density at radius 2 is 1.59 bits per heavy atom. The Morgan fingerprint density at radius 1 is 0.829 bits per heavy atom. The Kier molecular flexibility index (Phi) is 7.78. The van der Waals surface area contributed by atoms with Crippen LogP contribution < -0.4 is 15.5 Å². The van der Waals surface area contributed by atoms with Crippen molar-refractivity contribution in [3.63, 3.8) is 0 Å². The van der Waals surface area contributed by atoms with Crippen molar-refractivity contribution in [1.82, 2.24) is 10.4 Å². The summed E-state index contributed by atoms with van der Waals surface area (Å²) in [6, 6.07) is 39.3. The second-order valence-corrected chi connectivity index (χ2v) is 10.1. The van der Waals surface area contributed by atoms with Gasteiger partial charge in [-0.25, -0.2) is 10.4 Å². The second-order valence-electron chi connectivity index (χ2n) is 9.27. The van der Waals surface area contributed by atoms with Gasteiger partial charge in [0, 0.05) is 27.8 Å². The zero-order valence-electron chi connectivity index (χ0n) is 22.0. The molecular formula is C34H26N4O2S. The summed E-state index contributed by atoms with van der Waals surface area (Å²) in [6.45, 7) is 0.424. The van der Waals surface area contributed by atoms with Crippen molar-refractivity contribution in [2.24, 2.45) is 5.10 Å². The molecule has 0 aliphatic rings. The number of nitrogens with one attached hydrogen (secondary N) is 2. The third-order valence-corrected chi connectivity index (χ3v) is 7.28. The predicted molar refractivity (Wildman–Crippen MR) is 167 cm³/mol. The SMILES string of the molecule is O=C(N/N=C\c1ccccc1OCc1cccc2ccccc12)c1ccc(-c2csc(Nc3ccccc3)n2)cc1. The molecule has 6 nitrogen and oxygen atoms in total. The van der Waals surface area contributed by atoms with Crippen LogP contribution in [0.2, 0.25) is 0 Å². The molecule has 1 amide bonds. The lowest BCUT2D eigenvalue weighted by atomic mass is 10.1. The molecule has 6 rings (SSSR count). The van der Waals surface area contributed by atoms with Gasteiger partial charge in [0.2, 0.25) is 0 Å². The standard InChI is InChI=1S/C34H26N4O2S/c39-33(26-19-17-25(18-20-26)31-23-41-34(37-31)36-29-13-2-1-3-14-29)38-35-21-27-10-5-7-16-32(27)40-22-28-12-8-11-24-9-4-6-15-30(24)28/h1-21,23H,22H2,(H,36,37)(H,38,39)/b35-21-. The van der Waals surface area contributed by atoms with Crippen molar-refractivity contribution >= 4 is 45.0 Å². The molecule has 5 aromatic carbocycles. The van der Waals surface area contributed by atoms with Crippen LogP contribution in [0.1, 0.15) is 21.5 Å². The quantitative estimate of drug-likeness (QED) is 0.140. The van der Waals surface area contributed by atoms with E-state index in [-0.39, 0.29) is 5.91 Å². The number of carbonyl (C=O) groups is 1. The fourth-order valence-corrected chi connectivity index (χ4v) is 5.16. The topological polar surface area (TPSA) is 75.6 Å². The van der Waals surface area contributed by atoms with Crippen LogP contribution >= 0.6 is 11.3 Å². The molecule has 7 heteroatoms. The average Bonchev–Trinajstić information content (AvgIpc) is 3.49. The fourth-order valence-electron chi connectivity index (χ4n) is 4.42. The Bertz CT molecular complexity index is 1810. The van der Waals surface area contributed by atoms with Gasteiger partial charge in [0.05, 0.1) is 11.9 Å². The van der Waals surface area contributed by atoms with Crippen LogP contribution in [0.15, 0.2) is 132 Å². The number of ether oxygens (including phenoxy) is 1. The van der Waals surface area contributed by atoms with E-state index in [9.17, 15) is 4.79 Å². The fraction of sp³-hybridized carbons (Fsp3) is 0.0294. The third kappa shape index (κ3) is 6.32. The van der Waals surface area contributed by atoms with Gasteiger partial charge in [-0.1, -0.05) is 84.9 Å². The minimum atomic E-state index is -0.299. The van der Waals surface area contributed by atoms with Crippen molar-refractivity contribution in [2.45, 2.75) is 6.61 Å². The number of benzene rings is 5. The van der Waals surface area contributed by atoms with Crippen molar-refractivity contribution < 1.29 is 9.53 Å². The highest BCUT2D eigenvalue weighted by Crippen LogP contribution is 2.27. The Balaban J connectivity index is 1.07. The third-order valence-electron chi connectivity index (χ3n) is 6.52. The molecule has 0 saturated carbocycles. The number of aromatic nitrogens is 1. The summed E-state index contributed by atoms with van der Waals surface area (Å²) in [6.07, 6.45) is 1.60. The number of carbonyl (C=O) groups excluding carboxylic acids is 1. The van der Waals surface area contributed by atoms with Gasteiger partial charge in [-0.05, 0) is 52.7 Å². The molecule has 41 heavy (non-hydrogen) atoms. The maximum atomic E-state index is 12.7. The summed E-state index contributed by atoms with van der Waals surface area (Å²) in [5, 5.41) is 12.6. The maximum Gasteiger partial charge on any atom is 0.271 e. The molecule has 2 N–H and O–H groups in total. The van der Waals surface area contributed by atoms with Crippen molar-refractivity contribution in [3.8, 4) is 17.0 Å². The van der Waals surface area contributed by atoms with Crippen LogP contribution in [0.3, 0.4) is 0 Å². The number of anilines is 2. The van der Waals surface area contributed by atoms with Gasteiger partial charge < -0.3 is 10.1 Å². The molecule has 0 spiro atoms. The Labute approximate surface area is 242 Å². The van der Waals surface area contributed by atoms with Crippen molar-refractivity contribution in [2.75, 3.05) is 5.32 Å². The predicted octanol–water partition coefficient (Wildman–Crippen LogP) is 8.05. The van der Waals surface area contributed by atoms with E-state index in [1.54, 1.807) is 18.3 Å². The number of amides is 1. The summed E-state index contributed by atoms with van der Waals surface area (Å²) in [4.78, 5) is 17.4. The first-order valence-corrected chi connectivity index (χ1v) is 14.0. The van der Waals surface area contributed by atoms with E-state index in [1.165, 1.54) is 22.1 Å². The second kappa shape index (κ2) is 12.3. The average molecular weight is 555 g/mol. The van der Waals surface area contributed by atoms with Gasteiger partial charge in [-0.15, -0.1) is 11.3 Å². The molecule has 6 aromatic rings.